The Kier molecular flexibility index (Phi) is 8.42. The molecule has 3 aliphatic rings. The van der Waals surface area contributed by atoms with Crippen molar-refractivity contribution >= 4 is 17.7 Å². The summed E-state index contributed by atoms with van der Waals surface area (Å²) in [6.07, 6.45) is 5.55. The maximum Gasteiger partial charge on any atom is 0.411 e. The van der Waals surface area contributed by atoms with E-state index in [1.54, 1.807) is 14.0 Å². The molecule has 0 radical (unpaired) electrons. The highest BCUT2D eigenvalue weighted by Gasteiger charge is 2.40. The van der Waals surface area contributed by atoms with Gasteiger partial charge >= 0.3 is 6.09 Å². The molecule has 2 saturated heterocycles. The zero-order valence-corrected chi connectivity index (χ0v) is 25.8. The number of amides is 1. The number of hydrogen-bond acceptors (Lipinski definition) is 6. The molecule has 1 aliphatic carbocycles. The number of aryl methyl sites for hydroxylation is 1. The number of ketones is 1. The van der Waals surface area contributed by atoms with Crippen LogP contribution in [0.1, 0.15) is 86.8 Å². The van der Waals surface area contributed by atoms with Crippen molar-refractivity contribution in [2.45, 2.75) is 83.9 Å². The van der Waals surface area contributed by atoms with Crippen LogP contribution in [-0.4, -0.2) is 48.0 Å². The van der Waals surface area contributed by atoms with Gasteiger partial charge in [-0.3, -0.25) is 4.90 Å². The Labute approximate surface area is 255 Å². The van der Waals surface area contributed by atoms with Crippen molar-refractivity contribution in [1.82, 2.24) is 9.88 Å². The van der Waals surface area contributed by atoms with Crippen LogP contribution in [0.3, 0.4) is 0 Å². The molecule has 3 aromatic rings. The van der Waals surface area contributed by atoms with E-state index in [0.29, 0.717) is 30.6 Å². The lowest BCUT2D eigenvalue weighted by Crippen LogP contribution is -2.38. The number of aromatic nitrogens is 1. The van der Waals surface area contributed by atoms with Crippen LogP contribution in [-0.2, 0) is 16.1 Å². The lowest BCUT2D eigenvalue weighted by molar-refractivity contribution is -0.118. The molecule has 6 rings (SSSR count). The van der Waals surface area contributed by atoms with Crippen LogP contribution < -0.4 is 9.64 Å². The Morgan fingerprint density at radius 3 is 2.47 bits per heavy atom. The van der Waals surface area contributed by atoms with Gasteiger partial charge in [-0.05, 0) is 100 Å². The molecule has 1 aromatic heterocycles. The van der Waals surface area contributed by atoms with Gasteiger partial charge in [-0.25, -0.2) is 9.78 Å². The van der Waals surface area contributed by atoms with Gasteiger partial charge in [0, 0.05) is 30.6 Å². The molecule has 7 heteroatoms. The molecule has 0 N–H and O–H groups in total. The van der Waals surface area contributed by atoms with E-state index < -0.39 is 0 Å². The minimum Gasteiger partial charge on any atom is -0.496 e. The number of carbonyl (C=O) groups excluding carboxylic acids is 2. The zero-order chi connectivity index (χ0) is 30.1. The largest absolute Gasteiger partial charge is 0.496 e. The van der Waals surface area contributed by atoms with Gasteiger partial charge in [0.1, 0.15) is 23.5 Å². The van der Waals surface area contributed by atoms with E-state index in [0.717, 1.165) is 84.7 Å². The van der Waals surface area contributed by atoms with E-state index in [4.69, 9.17) is 14.5 Å². The minimum atomic E-state index is -0.328. The second kappa shape index (κ2) is 12.4. The lowest BCUT2D eigenvalue weighted by atomic mass is 9.76. The Hall–Kier alpha value is -3.87. The smallest absolute Gasteiger partial charge is 0.411 e. The summed E-state index contributed by atoms with van der Waals surface area (Å²) in [5.41, 5.74) is 6.27. The van der Waals surface area contributed by atoms with Crippen LogP contribution in [0.5, 0.6) is 5.75 Å². The molecule has 0 spiro atoms. The first-order valence-corrected chi connectivity index (χ1v) is 15.8. The predicted octanol–water partition coefficient (Wildman–Crippen LogP) is 7.61. The third-order valence-corrected chi connectivity index (χ3v) is 9.63. The Balaban J connectivity index is 1.32. The van der Waals surface area contributed by atoms with Gasteiger partial charge in [-0.1, -0.05) is 35.9 Å². The number of anilines is 1. The van der Waals surface area contributed by atoms with Gasteiger partial charge in [-0.15, -0.1) is 0 Å². The van der Waals surface area contributed by atoms with E-state index in [-0.39, 0.29) is 18.2 Å². The maximum absolute atomic E-state index is 13.3. The number of hydrogen-bond donors (Lipinski definition) is 0. The first kappa shape index (κ1) is 29.2. The molecule has 2 aromatic carbocycles. The van der Waals surface area contributed by atoms with Crippen molar-refractivity contribution < 1.29 is 19.1 Å². The van der Waals surface area contributed by atoms with Gasteiger partial charge in [0.2, 0.25) is 0 Å². The summed E-state index contributed by atoms with van der Waals surface area (Å²) in [6, 6.07) is 18.8. The van der Waals surface area contributed by atoms with Crippen molar-refractivity contribution in [1.29, 1.82) is 0 Å². The molecule has 1 unspecified atom stereocenters. The molecule has 43 heavy (non-hydrogen) atoms. The minimum absolute atomic E-state index is 0.143. The Bertz CT molecular complexity index is 1490. The zero-order valence-electron chi connectivity index (χ0n) is 25.8. The van der Waals surface area contributed by atoms with Crippen LogP contribution >= 0.6 is 0 Å². The van der Waals surface area contributed by atoms with Crippen LogP contribution in [0.15, 0.2) is 54.6 Å². The second-order valence-electron chi connectivity index (χ2n) is 12.7. The number of rotatable bonds is 9. The summed E-state index contributed by atoms with van der Waals surface area (Å²) in [5.74, 6) is 2.98. The number of pyridine rings is 1. The lowest BCUT2D eigenvalue weighted by Gasteiger charge is -2.33. The summed E-state index contributed by atoms with van der Waals surface area (Å²) in [6.45, 7) is 8.15. The maximum atomic E-state index is 13.3. The predicted molar refractivity (Wildman–Crippen MR) is 168 cm³/mol. The number of carbonyl (C=O) groups is 2. The number of Topliss-reactive ketones (excluding diaryl/α,β-unsaturated/α-hetero) is 1. The van der Waals surface area contributed by atoms with Crippen molar-refractivity contribution in [3.8, 4) is 16.9 Å². The van der Waals surface area contributed by atoms with E-state index >= 15 is 0 Å². The average Bonchev–Trinajstić information content (AvgIpc) is 3.25. The summed E-state index contributed by atoms with van der Waals surface area (Å²) in [7, 11) is 1.71. The van der Waals surface area contributed by atoms with Crippen LogP contribution in [0.2, 0.25) is 0 Å². The topological polar surface area (TPSA) is 72.0 Å². The van der Waals surface area contributed by atoms with Crippen LogP contribution in [0, 0.1) is 12.8 Å². The molecule has 2 aliphatic heterocycles. The molecule has 1 amide bonds. The SMILES string of the molecule is COc1ccc(C2CCC(CC(C)=O)CC2)cc1-c1ccc(N2CCC2)nc1CN1C(=O)O[C@H](c2cccc(C)c2)C1C. The molecule has 226 valence electrons. The highest BCUT2D eigenvalue weighted by molar-refractivity contribution is 5.77. The van der Waals surface area contributed by atoms with Gasteiger partial charge in [0.15, 0.2) is 0 Å². The molecule has 7 nitrogen and oxygen atoms in total. The number of cyclic esters (lactones) is 1. The number of benzene rings is 2. The van der Waals surface area contributed by atoms with Crippen molar-refractivity contribution in [2.24, 2.45) is 5.92 Å². The first-order chi connectivity index (χ1) is 20.8. The first-order valence-electron chi connectivity index (χ1n) is 15.8. The van der Waals surface area contributed by atoms with Crippen molar-refractivity contribution in [3.63, 3.8) is 0 Å². The Morgan fingerprint density at radius 1 is 1.00 bits per heavy atom. The molecule has 3 fully saturated rings. The van der Waals surface area contributed by atoms with Crippen molar-refractivity contribution in [3.05, 3.63) is 77.0 Å². The molecule has 2 atom stereocenters. The summed E-state index contributed by atoms with van der Waals surface area (Å²) in [5, 5.41) is 0. The fourth-order valence-electron chi connectivity index (χ4n) is 7.04. The Morgan fingerprint density at radius 2 is 1.79 bits per heavy atom. The van der Waals surface area contributed by atoms with E-state index in [1.165, 1.54) is 5.56 Å². The summed E-state index contributed by atoms with van der Waals surface area (Å²) >= 11 is 0. The molecular weight excluding hydrogens is 538 g/mol. The van der Waals surface area contributed by atoms with Gasteiger partial charge in [0.25, 0.3) is 0 Å². The average molecular weight is 582 g/mol. The normalized spacial score (nSPS) is 23.6. The summed E-state index contributed by atoms with van der Waals surface area (Å²) in [4.78, 5) is 34.2. The second-order valence-corrected chi connectivity index (χ2v) is 12.7. The fourth-order valence-corrected chi connectivity index (χ4v) is 7.04. The van der Waals surface area contributed by atoms with E-state index in [2.05, 4.69) is 61.2 Å². The molecular formula is C36H43N3O4. The highest BCUT2D eigenvalue weighted by atomic mass is 16.6. The third-order valence-electron chi connectivity index (χ3n) is 9.63. The number of nitrogens with zero attached hydrogens (tertiary/aromatic N) is 3. The van der Waals surface area contributed by atoms with Crippen LogP contribution in [0.25, 0.3) is 11.1 Å². The third kappa shape index (κ3) is 6.13. The molecule has 0 bridgehead atoms. The monoisotopic (exact) mass is 581 g/mol. The molecule has 3 heterocycles. The van der Waals surface area contributed by atoms with Gasteiger partial charge in [-0.2, -0.15) is 0 Å². The van der Waals surface area contributed by atoms with E-state index in [1.807, 2.05) is 17.0 Å². The summed E-state index contributed by atoms with van der Waals surface area (Å²) < 4.78 is 11.8. The van der Waals surface area contributed by atoms with Gasteiger partial charge in [0.05, 0.1) is 25.4 Å². The molecule has 1 saturated carbocycles. The van der Waals surface area contributed by atoms with E-state index in [9.17, 15) is 9.59 Å². The quantitative estimate of drug-likeness (QED) is 0.259. The van der Waals surface area contributed by atoms with Crippen molar-refractivity contribution in [2.75, 3.05) is 25.1 Å². The fraction of sp³-hybridized carbons (Fsp3) is 0.472. The highest BCUT2D eigenvalue weighted by Crippen LogP contribution is 2.42. The van der Waals surface area contributed by atoms with Crippen LogP contribution in [0.4, 0.5) is 10.6 Å². The number of ether oxygens (including phenoxy) is 2. The number of methoxy groups -OCH3 is 1. The van der Waals surface area contributed by atoms with Gasteiger partial charge < -0.3 is 19.2 Å². The standard InChI is InChI=1S/C36H43N3O4/c1-23-7-5-8-29(19-23)35-25(3)39(36(41)43-35)22-32-30(14-16-34(37-32)38-17-6-18-38)31-21-28(13-15-33(31)42-4)27-11-9-26(10-12-27)20-24(2)40/h5,7-8,13-16,19,21,25-27,35H,6,9-12,17-18,20,22H2,1-4H3/t25?,26?,27?,35-/m0/s1.